The number of hydrogen-bond acceptors (Lipinski definition) is 1. The first-order valence-corrected chi connectivity index (χ1v) is 5.44. The van der Waals surface area contributed by atoms with Crippen molar-refractivity contribution in [2.45, 2.75) is 13.0 Å². The van der Waals surface area contributed by atoms with Crippen LogP contribution in [0.3, 0.4) is 0 Å². The average Bonchev–Trinajstić information content (AvgIpc) is 2.59. The third-order valence-corrected chi connectivity index (χ3v) is 3.02. The van der Waals surface area contributed by atoms with Crippen molar-refractivity contribution in [3.63, 3.8) is 0 Å². The van der Waals surface area contributed by atoms with Gasteiger partial charge in [0.05, 0.1) is 0 Å². The normalized spacial score (nSPS) is 10.5. The lowest BCUT2D eigenvalue weighted by Gasteiger charge is -2.02. The molecule has 0 unspecified atom stereocenters. The molecule has 0 bridgehead atoms. The van der Waals surface area contributed by atoms with Gasteiger partial charge in [-0.05, 0) is 24.2 Å². The molecule has 0 aliphatic heterocycles. The molecule has 1 heterocycles. The van der Waals surface area contributed by atoms with Crippen molar-refractivity contribution >= 4 is 12.2 Å². The van der Waals surface area contributed by atoms with Crippen molar-refractivity contribution in [3.05, 3.63) is 53.1 Å². The van der Waals surface area contributed by atoms with Crippen LogP contribution in [0.5, 0.6) is 0 Å². The molecule has 0 saturated heterocycles. The molecule has 2 aromatic rings. The predicted octanol–water partition coefficient (Wildman–Crippen LogP) is 2.80. The largest absolute Gasteiger partial charge is 0.327 e. The zero-order valence-electron chi connectivity index (χ0n) is 8.76. The van der Waals surface area contributed by atoms with Crippen molar-refractivity contribution < 1.29 is 0 Å². The van der Waals surface area contributed by atoms with Gasteiger partial charge in [-0.25, -0.2) is 0 Å². The average molecular weight is 218 g/mol. The molecule has 0 saturated carbocycles. The summed E-state index contributed by atoms with van der Waals surface area (Å²) in [7, 11) is 1.97. The van der Waals surface area contributed by atoms with E-state index in [1.165, 1.54) is 5.56 Å². The fraction of sp³-hybridized carbons (Fsp3) is 0.250. The Bertz CT molecular complexity index is 482. The van der Waals surface area contributed by atoms with Crippen LogP contribution in [0, 0.1) is 4.77 Å². The second-order valence-electron chi connectivity index (χ2n) is 3.62. The number of nitrogens with zero attached hydrogens (tertiary/aromatic N) is 2. The van der Waals surface area contributed by atoms with Crippen LogP contribution in [0.25, 0.3) is 0 Å². The first-order chi connectivity index (χ1) is 7.27. The third-order valence-electron chi connectivity index (χ3n) is 2.50. The Morgan fingerprint density at radius 1 is 1.13 bits per heavy atom. The van der Waals surface area contributed by atoms with Crippen LogP contribution in [0.15, 0.2) is 42.7 Å². The highest BCUT2D eigenvalue weighted by atomic mass is 32.1. The van der Waals surface area contributed by atoms with Gasteiger partial charge in [0.25, 0.3) is 0 Å². The Labute approximate surface area is 94.8 Å². The van der Waals surface area contributed by atoms with E-state index in [-0.39, 0.29) is 0 Å². The maximum Gasteiger partial charge on any atom is 0.179 e. The van der Waals surface area contributed by atoms with Gasteiger partial charge in [0.15, 0.2) is 4.77 Å². The van der Waals surface area contributed by atoms with Gasteiger partial charge in [0.2, 0.25) is 0 Å². The molecule has 0 aliphatic rings. The molecule has 0 atom stereocenters. The van der Waals surface area contributed by atoms with Crippen molar-refractivity contribution in [2.24, 2.45) is 7.05 Å². The molecule has 15 heavy (non-hydrogen) atoms. The minimum atomic E-state index is 0.880. The van der Waals surface area contributed by atoms with Crippen molar-refractivity contribution in [1.29, 1.82) is 0 Å². The SMILES string of the molecule is Cn1ccn(CCc2ccccc2)c1=S. The molecule has 78 valence electrons. The molecular weight excluding hydrogens is 204 g/mol. The van der Waals surface area contributed by atoms with Gasteiger partial charge in [-0.15, -0.1) is 0 Å². The maximum absolute atomic E-state index is 5.27. The summed E-state index contributed by atoms with van der Waals surface area (Å²) >= 11 is 5.27. The second kappa shape index (κ2) is 4.45. The van der Waals surface area contributed by atoms with E-state index < -0.39 is 0 Å². The van der Waals surface area contributed by atoms with Crippen LogP contribution >= 0.6 is 12.2 Å². The van der Waals surface area contributed by atoms with E-state index in [4.69, 9.17) is 12.2 Å². The number of imidazole rings is 1. The third kappa shape index (κ3) is 2.36. The lowest BCUT2D eigenvalue weighted by molar-refractivity contribution is 0.670. The van der Waals surface area contributed by atoms with E-state index in [0.29, 0.717) is 0 Å². The molecule has 3 heteroatoms. The highest BCUT2D eigenvalue weighted by molar-refractivity contribution is 7.71. The topological polar surface area (TPSA) is 9.86 Å². The van der Waals surface area contributed by atoms with Gasteiger partial charge in [0.1, 0.15) is 0 Å². The fourth-order valence-electron chi connectivity index (χ4n) is 1.58. The van der Waals surface area contributed by atoms with E-state index in [9.17, 15) is 0 Å². The van der Waals surface area contributed by atoms with Gasteiger partial charge in [-0.3, -0.25) is 0 Å². The number of benzene rings is 1. The summed E-state index contributed by atoms with van der Waals surface area (Å²) < 4.78 is 4.94. The standard InChI is InChI=1S/C12H14N2S/c1-13-9-10-14(12(13)15)8-7-11-5-3-2-4-6-11/h2-6,9-10H,7-8H2,1H3. The smallest absolute Gasteiger partial charge is 0.179 e. The highest BCUT2D eigenvalue weighted by Crippen LogP contribution is 2.03. The second-order valence-corrected chi connectivity index (χ2v) is 3.99. The molecule has 0 spiro atoms. The molecule has 0 N–H and O–H groups in total. The number of hydrogen-bond donors (Lipinski definition) is 0. The van der Waals surface area contributed by atoms with Gasteiger partial charge < -0.3 is 9.13 Å². The van der Waals surface area contributed by atoms with Gasteiger partial charge in [-0.2, -0.15) is 0 Å². The summed E-state index contributed by atoms with van der Waals surface area (Å²) in [5.74, 6) is 0. The van der Waals surface area contributed by atoms with Crippen LogP contribution in [0.4, 0.5) is 0 Å². The van der Waals surface area contributed by atoms with Crippen LogP contribution < -0.4 is 0 Å². The maximum atomic E-state index is 5.27. The van der Waals surface area contributed by atoms with Crippen LogP contribution in [0.2, 0.25) is 0 Å². The van der Waals surface area contributed by atoms with Crippen LogP contribution in [-0.2, 0) is 20.0 Å². The summed E-state index contributed by atoms with van der Waals surface area (Å²) in [6, 6.07) is 10.5. The number of rotatable bonds is 3. The lowest BCUT2D eigenvalue weighted by atomic mass is 10.1. The molecule has 0 radical (unpaired) electrons. The lowest BCUT2D eigenvalue weighted by Crippen LogP contribution is -2.01. The molecule has 2 rings (SSSR count). The Kier molecular flexibility index (Phi) is 3.02. The molecule has 0 amide bonds. The van der Waals surface area contributed by atoms with E-state index in [2.05, 4.69) is 28.8 Å². The van der Waals surface area contributed by atoms with Crippen LogP contribution in [0.1, 0.15) is 5.56 Å². The highest BCUT2D eigenvalue weighted by Gasteiger charge is 1.96. The Balaban J connectivity index is 2.06. The molecular formula is C12H14N2S. The number of aromatic nitrogens is 2. The van der Waals surface area contributed by atoms with Crippen molar-refractivity contribution in [1.82, 2.24) is 9.13 Å². The molecule has 0 aliphatic carbocycles. The summed E-state index contributed by atoms with van der Waals surface area (Å²) in [5.41, 5.74) is 1.35. The molecule has 2 nitrogen and oxygen atoms in total. The monoisotopic (exact) mass is 218 g/mol. The first-order valence-electron chi connectivity index (χ1n) is 5.03. The zero-order chi connectivity index (χ0) is 10.7. The summed E-state index contributed by atoms with van der Waals surface area (Å²) in [5, 5.41) is 0. The zero-order valence-corrected chi connectivity index (χ0v) is 9.57. The molecule has 1 aromatic heterocycles. The van der Waals surface area contributed by atoms with E-state index in [0.717, 1.165) is 17.7 Å². The van der Waals surface area contributed by atoms with Crippen LogP contribution in [-0.4, -0.2) is 9.13 Å². The molecule has 1 aromatic carbocycles. The van der Waals surface area contributed by atoms with Gasteiger partial charge in [0, 0.05) is 26.0 Å². The van der Waals surface area contributed by atoms with E-state index in [1.807, 2.05) is 30.1 Å². The summed E-state index contributed by atoms with van der Waals surface area (Å²) in [6.07, 6.45) is 5.05. The van der Waals surface area contributed by atoms with Gasteiger partial charge in [-0.1, -0.05) is 30.3 Å². The minimum Gasteiger partial charge on any atom is -0.327 e. The van der Waals surface area contributed by atoms with E-state index >= 15 is 0 Å². The minimum absolute atomic E-state index is 0.880. The molecule has 0 fully saturated rings. The first kappa shape index (κ1) is 10.2. The Morgan fingerprint density at radius 2 is 1.87 bits per heavy atom. The Hall–Kier alpha value is -1.35. The predicted molar refractivity (Wildman–Crippen MR) is 64.4 cm³/mol. The Morgan fingerprint density at radius 3 is 2.47 bits per heavy atom. The van der Waals surface area contributed by atoms with Crippen molar-refractivity contribution in [3.8, 4) is 0 Å². The van der Waals surface area contributed by atoms with E-state index in [1.54, 1.807) is 0 Å². The quantitative estimate of drug-likeness (QED) is 0.720. The fourth-order valence-corrected chi connectivity index (χ4v) is 1.79. The summed E-state index contributed by atoms with van der Waals surface area (Å²) in [6.45, 7) is 0.948. The van der Waals surface area contributed by atoms with Gasteiger partial charge >= 0.3 is 0 Å². The van der Waals surface area contributed by atoms with Crippen molar-refractivity contribution in [2.75, 3.05) is 0 Å². The summed E-state index contributed by atoms with van der Waals surface area (Å²) in [4.78, 5) is 0. The number of aryl methyl sites for hydroxylation is 3.